The SMILES string of the molecule is CCN(CC)CCN(Cc1cc2c(C)cc(C)cc2[nH]c1=O)C(=O)Nc1ccccc1OC. The Kier molecular flexibility index (Phi) is 8.11. The topological polar surface area (TPSA) is 77.7 Å². The van der Waals surface area contributed by atoms with Crippen molar-refractivity contribution in [2.24, 2.45) is 0 Å². The summed E-state index contributed by atoms with van der Waals surface area (Å²) in [7, 11) is 1.57. The van der Waals surface area contributed by atoms with Gasteiger partial charge in [0.1, 0.15) is 5.75 Å². The first-order valence-corrected chi connectivity index (χ1v) is 11.4. The van der Waals surface area contributed by atoms with Crippen LogP contribution in [0.3, 0.4) is 0 Å². The number of ether oxygens (including phenoxy) is 1. The number of hydrogen-bond donors (Lipinski definition) is 2. The highest BCUT2D eigenvalue weighted by Crippen LogP contribution is 2.24. The molecule has 33 heavy (non-hydrogen) atoms. The lowest BCUT2D eigenvalue weighted by Gasteiger charge is -2.27. The van der Waals surface area contributed by atoms with Gasteiger partial charge in [-0.05, 0) is 62.3 Å². The van der Waals surface area contributed by atoms with Crippen molar-refractivity contribution >= 4 is 22.6 Å². The Morgan fingerprint density at radius 1 is 1.06 bits per heavy atom. The molecule has 3 aromatic rings. The zero-order valence-electron chi connectivity index (χ0n) is 20.2. The van der Waals surface area contributed by atoms with Crippen LogP contribution in [0.5, 0.6) is 5.75 Å². The van der Waals surface area contributed by atoms with Gasteiger partial charge in [0.05, 0.1) is 19.3 Å². The predicted molar refractivity (Wildman–Crippen MR) is 134 cm³/mol. The van der Waals surface area contributed by atoms with E-state index in [2.05, 4.69) is 35.1 Å². The van der Waals surface area contributed by atoms with Crippen LogP contribution in [0.2, 0.25) is 0 Å². The van der Waals surface area contributed by atoms with Crippen LogP contribution in [0.25, 0.3) is 10.9 Å². The third kappa shape index (κ3) is 5.93. The van der Waals surface area contributed by atoms with Crippen molar-refractivity contribution in [3.8, 4) is 5.75 Å². The van der Waals surface area contributed by atoms with Gasteiger partial charge in [0.25, 0.3) is 5.56 Å². The highest BCUT2D eigenvalue weighted by atomic mass is 16.5. The third-order valence-electron chi connectivity index (χ3n) is 5.97. The first-order chi connectivity index (χ1) is 15.9. The smallest absolute Gasteiger partial charge is 0.322 e. The lowest BCUT2D eigenvalue weighted by molar-refractivity contribution is 0.194. The summed E-state index contributed by atoms with van der Waals surface area (Å²) in [6.07, 6.45) is 0. The van der Waals surface area contributed by atoms with Crippen LogP contribution in [0.4, 0.5) is 10.5 Å². The first kappa shape index (κ1) is 24.3. The minimum atomic E-state index is -0.271. The maximum atomic E-state index is 13.3. The number of aryl methyl sites for hydroxylation is 2. The number of carbonyl (C=O) groups is 1. The van der Waals surface area contributed by atoms with Gasteiger partial charge in [-0.1, -0.05) is 32.0 Å². The number of benzene rings is 2. The molecule has 7 nitrogen and oxygen atoms in total. The summed E-state index contributed by atoms with van der Waals surface area (Å²) in [4.78, 5) is 33.1. The van der Waals surface area contributed by atoms with Gasteiger partial charge in [-0.25, -0.2) is 4.79 Å². The Hall–Kier alpha value is -3.32. The molecule has 1 heterocycles. The van der Waals surface area contributed by atoms with Gasteiger partial charge in [-0.15, -0.1) is 0 Å². The molecule has 3 rings (SSSR count). The van der Waals surface area contributed by atoms with Gasteiger partial charge in [-0.2, -0.15) is 0 Å². The van der Waals surface area contributed by atoms with Crippen molar-refractivity contribution in [3.05, 3.63) is 69.5 Å². The molecule has 0 radical (unpaired) electrons. The number of carbonyl (C=O) groups excluding carboxylic acids is 1. The van der Waals surface area contributed by atoms with Gasteiger partial charge in [-0.3, -0.25) is 4.79 Å². The summed E-state index contributed by atoms with van der Waals surface area (Å²) in [6.45, 7) is 11.5. The number of pyridine rings is 1. The number of methoxy groups -OCH3 is 1. The number of aromatic amines is 1. The van der Waals surface area contributed by atoms with Crippen LogP contribution in [0.1, 0.15) is 30.5 Å². The van der Waals surface area contributed by atoms with E-state index in [1.165, 1.54) is 0 Å². The monoisotopic (exact) mass is 450 g/mol. The van der Waals surface area contributed by atoms with Gasteiger partial charge in [0.15, 0.2) is 0 Å². The zero-order valence-corrected chi connectivity index (χ0v) is 20.2. The fourth-order valence-corrected chi connectivity index (χ4v) is 4.04. The summed E-state index contributed by atoms with van der Waals surface area (Å²) in [6, 6.07) is 13.0. The maximum Gasteiger partial charge on any atom is 0.322 e. The van der Waals surface area contributed by atoms with Crippen LogP contribution in [0, 0.1) is 13.8 Å². The molecule has 0 unspecified atom stereocenters. The Morgan fingerprint density at radius 3 is 2.48 bits per heavy atom. The molecule has 0 aliphatic heterocycles. The summed E-state index contributed by atoms with van der Waals surface area (Å²) in [5, 5.41) is 3.94. The number of para-hydroxylation sites is 2. The van der Waals surface area contributed by atoms with Crippen LogP contribution in [-0.2, 0) is 6.54 Å². The number of nitrogens with zero attached hydrogens (tertiary/aromatic N) is 2. The van der Waals surface area contributed by atoms with Crippen molar-refractivity contribution in [2.75, 3.05) is 38.6 Å². The van der Waals surface area contributed by atoms with Gasteiger partial charge in [0.2, 0.25) is 0 Å². The zero-order chi connectivity index (χ0) is 24.0. The molecule has 2 amide bonds. The van der Waals surface area contributed by atoms with Crippen LogP contribution in [0.15, 0.2) is 47.3 Å². The van der Waals surface area contributed by atoms with Crippen molar-refractivity contribution in [3.63, 3.8) is 0 Å². The van der Waals surface area contributed by atoms with Crippen molar-refractivity contribution in [1.82, 2.24) is 14.8 Å². The third-order valence-corrected chi connectivity index (χ3v) is 5.97. The molecular weight excluding hydrogens is 416 g/mol. The number of urea groups is 1. The average Bonchev–Trinajstić information content (AvgIpc) is 2.79. The molecule has 0 aliphatic rings. The second-order valence-electron chi connectivity index (χ2n) is 8.25. The van der Waals surface area contributed by atoms with E-state index in [1.807, 2.05) is 38.1 Å². The van der Waals surface area contributed by atoms with E-state index in [9.17, 15) is 9.59 Å². The van der Waals surface area contributed by atoms with E-state index in [4.69, 9.17) is 4.74 Å². The summed E-state index contributed by atoms with van der Waals surface area (Å²) in [5.41, 5.74) is 3.98. The summed E-state index contributed by atoms with van der Waals surface area (Å²) in [5.74, 6) is 0.587. The maximum absolute atomic E-state index is 13.3. The van der Waals surface area contributed by atoms with E-state index < -0.39 is 0 Å². The number of hydrogen-bond acceptors (Lipinski definition) is 4. The van der Waals surface area contributed by atoms with Crippen LogP contribution in [-0.4, -0.2) is 54.1 Å². The van der Waals surface area contributed by atoms with Gasteiger partial charge in [0, 0.05) is 29.6 Å². The van der Waals surface area contributed by atoms with Crippen molar-refractivity contribution < 1.29 is 9.53 Å². The minimum absolute atomic E-state index is 0.176. The number of likely N-dealkylation sites (N-methyl/N-ethyl adjacent to an activating group) is 1. The molecule has 0 bridgehead atoms. The van der Waals surface area contributed by atoms with Crippen LogP contribution < -0.4 is 15.6 Å². The Labute approximate surface area is 195 Å². The van der Waals surface area contributed by atoms with Gasteiger partial charge >= 0.3 is 6.03 Å². The van der Waals surface area contributed by atoms with Crippen LogP contribution >= 0.6 is 0 Å². The summed E-state index contributed by atoms with van der Waals surface area (Å²) < 4.78 is 5.37. The lowest BCUT2D eigenvalue weighted by atomic mass is 10.0. The number of anilines is 1. The minimum Gasteiger partial charge on any atom is -0.495 e. The molecule has 0 aliphatic carbocycles. The molecule has 0 saturated heterocycles. The average molecular weight is 451 g/mol. The van der Waals surface area contributed by atoms with E-state index in [1.54, 1.807) is 24.1 Å². The Bertz CT molecular complexity index is 1170. The second-order valence-corrected chi connectivity index (χ2v) is 8.25. The predicted octanol–water partition coefficient (Wildman–Crippen LogP) is 4.53. The molecular formula is C26H34N4O3. The molecule has 0 atom stereocenters. The standard InChI is InChI=1S/C26H34N4O3/c1-6-29(7-2)12-13-30(26(32)28-22-10-8-9-11-24(22)33-5)17-20-16-21-19(4)14-18(3)15-23(21)27-25(20)31/h8-11,14-16H,6-7,12-13,17H2,1-5H3,(H,27,31)(H,28,32). The largest absolute Gasteiger partial charge is 0.495 e. The number of fused-ring (bicyclic) bond motifs is 1. The molecule has 2 aromatic carbocycles. The molecule has 0 fully saturated rings. The van der Waals surface area contributed by atoms with E-state index in [0.717, 1.165) is 41.7 Å². The number of nitrogens with one attached hydrogen (secondary N) is 2. The number of aromatic nitrogens is 1. The molecule has 7 heteroatoms. The fraction of sp³-hybridized carbons (Fsp3) is 0.385. The molecule has 1 aromatic heterocycles. The quantitative estimate of drug-likeness (QED) is 0.502. The van der Waals surface area contributed by atoms with E-state index in [-0.39, 0.29) is 18.1 Å². The highest BCUT2D eigenvalue weighted by molar-refractivity contribution is 5.91. The van der Waals surface area contributed by atoms with E-state index in [0.29, 0.717) is 23.5 Å². The fourth-order valence-electron chi connectivity index (χ4n) is 4.04. The first-order valence-electron chi connectivity index (χ1n) is 11.4. The molecule has 176 valence electrons. The highest BCUT2D eigenvalue weighted by Gasteiger charge is 2.19. The number of rotatable bonds is 9. The van der Waals surface area contributed by atoms with Gasteiger partial charge < -0.3 is 24.8 Å². The molecule has 0 saturated carbocycles. The van der Waals surface area contributed by atoms with Crippen molar-refractivity contribution in [2.45, 2.75) is 34.2 Å². The Morgan fingerprint density at radius 2 is 1.79 bits per heavy atom. The normalized spacial score (nSPS) is 11.1. The lowest BCUT2D eigenvalue weighted by Crippen LogP contribution is -2.41. The van der Waals surface area contributed by atoms with Crippen molar-refractivity contribution in [1.29, 1.82) is 0 Å². The summed E-state index contributed by atoms with van der Waals surface area (Å²) >= 11 is 0. The number of H-pyrrole nitrogens is 1. The molecule has 2 N–H and O–H groups in total. The second kappa shape index (κ2) is 11.0. The molecule has 0 spiro atoms. The number of amides is 2. The Balaban J connectivity index is 1.91. The van der Waals surface area contributed by atoms with E-state index >= 15 is 0 Å².